The standard InChI is InChI=1S/C28H28ClF4N3O5/c1-26(2,35)17-12-20(15-4-6-19(30)18(29)10-15)36-24(13-17)27(39,28(31,32)33)9-8-21(37)16-5-7-22(23(11-16)40-3)41-14-25(34)38/h4-7,10-13,39H,8-9,14,35H2,1-3H3,(H2,34,38). The van der Waals surface area contributed by atoms with Gasteiger partial charge in [0.15, 0.2) is 23.9 Å². The Labute approximate surface area is 238 Å². The summed E-state index contributed by atoms with van der Waals surface area (Å²) in [5.41, 5.74) is 6.04. The van der Waals surface area contributed by atoms with E-state index in [-0.39, 0.29) is 38.9 Å². The molecule has 5 N–H and O–H groups in total. The molecule has 0 saturated heterocycles. The van der Waals surface area contributed by atoms with Crippen molar-refractivity contribution in [1.29, 1.82) is 0 Å². The van der Waals surface area contributed by atoms with Gasteiger partial charge >= 0.3 is 6.18 Å². The molecule has 0 aliphatic rings. The van der Waals surface area contributed by atoms with Crippen LogP contribution < -0.4 is 20.9 Å². The van der Waals surface area contributed by atoms with E-state index in [0.29, 0.717) is 0 Å². The average molecular weight is 598 g/mol. The van der Waals surface area contributed by atoms with Crippen molar-refractivity contribution in [2.45, 2.75) is 44.0 Å². The summed E-state index contributed by atoms with van der Waals surface area (Å²) < 4.78 is 67.5. The number of benzene rings is 2. The molecule has 1 atom stereocenters. The number of alkyl halides is 3. The maximum atomic E-state index is 14.5. The number of carbonyl (C=O) groups excluding carboxylic acids is 2. The molecule has 8 nitrogen and oxygen atoms in total. The molecule has 1 amide bonds. The molecular weight excluding hydrogens is 570 g/mol. The zero-order valence-electron chi connectivity index (χ0n) is 22.3. The van der Waals surface area contributed by atoms with E-state index in [2.05, 4.69) is 4.98 Å². The SMILES string of the molecule is COc1cc(C(=O)CCC(O)(c2cc(C(C)(C)N)cc(-c3ccc(F)c(Cl)c3)n2)C(F)(F)F)ccc1OCC(N)=O. The van der Waals surface area contributed by atoms with Gasteiger partial charge in [0.05, 0.1) is 23.5 Å². The lowest BCUT2D eigenvalue weighted by molar-refractivity contribution is -0.270. The predicted molar refractivity (Wildman–Crippen MR) is 143 cm³/mol. The number of ether oxygens (including phenoxy) is 2. The van der Waals surface area contributed by atoms with Crippen molar-refractivity contribution >= 4 is 23.3 Å². The van der Waals surface area contributed by atoms with Gasteiger partial charge in [-0.15, -0.1) is 0 Å². The first kappa shape index (κ1) is 31.8. The summed E-state index contributed by atoms with van der Waals surface area (Å²) in [6.07, 6.45) is -7.07. The number of Topliss-reactive ketones (excluding diaryl/α,β-unsaturated/α-hetero) is 1. The first-order valence-corrected chi connectivity index (χ1v) is 12.5. The molecule has 0 aliphatic heterocycles. The monoisotopic (exact) mass is 597 g/mol. The Kier molecular flexibility index (Phi) is 9.31. The second-order valence-corrected chi connectivity index (χ2v) is 10.3. The topological polar surface area (TPSA) is 138 Å². The third-order valence-electron chi connectivity index (χ3n) is 6.25. The lowest BCUT2D eigenvalue weighted by Crippen LogP contribution is -2.44. The number of nitrogens with zero attached hydrogens (tertiary/aromatic N) is 1. The molecule has 3 rings (SSSR count). The molecule has 0 aliphatic carbocycles. The van der Waals surface area contributed by atoms with Crippen LogP contribution >= 0.6 is 11.6 Å². The summed E-state index contributed by atoms with van der Waals surface area (Å²) in [7, 11) is 1.27. The molecule has 0 spiro atoms. The Morgan fingerprint density at radius 3 is 2.29 bits per heavy atom. The summed E-state index contributed by atoms with van der Waals surface area (Å²) >= 11 is 5.87. The minimum atomic E-state index is -5.25. The highest BCUT2D eigenvalue weighted by atomic mass is 35.5. The van der Waals surface area contributed by atoms with Crippen molar-refractivity contribution in [1.82, 2.24) is 4.98 Å². The highest BCUT2D eigenvalue weighted by molar-refractivity contribution is 6.31. The number of carbonyl (C=O) groups is 2. The number of primary amides is 1. The van der Waals surface area contributed by atoms with E-state index >= 15 is 0 Å². The van der Waals surface area contributed by atoms with E-state index in [1.807, 2.05) is 0 Å². The van der Waals surface area contributed by atoms with Gasteiger partial charge in [0.25, 0.3) is 5.91 Å². The van der Waals surface area contributed by atoms with Gasteiger partial charge in [-0.3, -0.25) is 9.59 Å². The molecule has 13 heteroatoms. The summed E-state index contributed by atoms with van der Waals surface area (Å²) in [6.45, 7) is 2.64. The fourth-order valence-electron chi connectivity index (χ4n) is 3.88. The smallest absolute Gasteiger partial charge is 0.422 e. The fraction of sp³-hybridized carbons (Fsp3) is 0.321. The van der Waals surface area contributed by atoms with Crippen molar-refractivity contribution in [2.75, 3.05) is 13.7 Å². The van der Waals surface area contributed by atoms with Gasteiger partial charge in [-0.1, -0.05) is 11.6 Å². The van der Waals surface area contributed by atoms with Crippen LogP contribution in [0.25, 0.3) is 11.3 Å². The molecule has 0 saturated carbocycles. The van der Waals surface area contributed by atoms with Crippen LogP contribution in [0.2, 0.25) is 5.02 Å². The molecule has 0 bridgehead atoms. The zero-order valence-corrected chi connectivity index (χ0v) is 23.1. The van der Waals surface area contributed by atoms with E-state index in [1.54, 1.807) is 13.8 Å². The third kappa shape index (κ3) is 7.32. The van der Waals surface area contributed by atoms with E-state index in [1.165, 1.54) is 43.5 Å². The number of methoxy groups -OCH3 is 1. The molecule has 1 heterocycles. The minimum absolute atomic E-state index is 0.0238. The first-order chi connectivity index (χ1) is 19.0. The van der Waals surface area contributed by atoms with Crippen molar-refractivity contribution in [3.8, 4) is 22.8 Å². The van der Waals surface area contributed by atoms with Gasteiger partial charge in [0.2, 0.25) is 5.60 Å². The van der Waals surface area contributed by atoms with Gasteiger partial charge in [-0.25, -0.2) is 9.37 Å². The lowest BCUT2D eigenvalue weighted by Gasteiger charge is -2.32. The number of ketones is 1. The Bertz CT molecular complexity index is 1460. The fourth-order valence-corrected chi connectivity index (χ4v) is 4.06. The number of hydrogen-bond acceptors (Lipinski definition) is 7. The molecule has 0 radical (unpaired) electrons. The Hall–Kier alpha value is -3.74. The second-order valence-electron chi connectivity index (χ2n) is 9.88. The predicted octanol–water partition coefficient (Wildman–Crippen LogP) is 5.02. The Morgan fingerprint density at radius 1 is 1.05 bits per heavy atom. The average Bonchev–Trinajstić information content (AvgIpc) is 2.90. The number of aromatic nitrogens is 1. The minimum Gasteiger partial charge on any atom is -0.493 e. The van der Waals surface area contributed by atoms with Crippen LogP contribution in [0.4, 0.5) is 17.6 Å². The van der Waals surface area contributed by atoms with Gasteiger partial charge in [-0.05, 0) is 74.4 Å². The largest absolute Gasteiger partial charge is 0.493 e. The van der Waals surface area contributed by atoms with Gasteiger partial charge < -0.3 is 26.0 Å². The van der Waals surface area contributed by atoms with E-state index in [4.69, 9.17) is 32.5 Å². The number of rotatable bonds is 11. The molecule has 41 heavy (non-hydrogen) atoms. The quantitative estimate of drug-likeness (QED) is 0.208. The lowest BCUT2D eigenvalue weighted by atomic mass is 9.86. The van der Waals surface area contributed by atoms with Crippen LogP contribution in [-0.4, -0.2) is 41.7 Å². The van der Waals surface area contributed by atoms with Crippen LogP contribution in [0.5, 0.6) is 11.5 Å². The van der Waals surface area contributed by atoms with Crippen LogP contribution in [0.1, 0.15) is 48.3 Å². The molecule has 3 aromatic rings. The van der Waals surface area contributed by atoms with E-state index in [9.17, 15) is 32.3 Å². The summed E-state index contributed by atoms with van der Waals surface area (Å²) in [5, 5.41) is 10.8. The number of hydrogen-bond donors (Lipinski definition) is 3. The molecule has 2 aromatic carbocycles. The number of amides is 1. The van der Waals surface area contributed by atoms with Crippen molar-refractivity contribution in [3.05, 3.63) is 76.2 Å². The molecule has 1 unspecified atom stereocenters. The van der Waals surface area contributed by atoms with E-state index < -0.39 is 60.0 Å². The van der Waals surface area contributed by atoms with Crippen LogP contribution in [-0.2, 0) is 15.9 Å². The molecule has 1 aromatic heterocycles. The van der Waals surface area contributed by atoms with Crippen LogP contribution in [0, 0.1) is 5.82 Å². The van der Waals surface area contributed by atoms with Gasteiger partial charge in [-0.2, -0.15) is 13.2 Å². The molecule has 0 fully saturated rings. The van der Waals surface area contributed by atoms with Gasteiger partial charge in [0.1, 0.15) is 5.82 Å². The Balaban J connectivity index is 2.01. The highest BCUT2D eigenvalue weighted by Gasteiger charge is 2.56. The van der Waals surface area contributed by atoms with Crippen molar-refractivity contribution in [2.24, 2.45) is 11.5 Å². The van der Waals surface area contributed by atoms with Crippen LogP contribution in [0.15, 0.2) is 48.5 Å². The molecular formula is C28H28ClF4N3O5. The number of halogens is 5. The number of aliphatic hydroxyl groups is 1. The summed E-state index contributed by atoms with van der Waals surface area (Å²) in [4.78, 5) is 28.0. The number of nitrogens with two attached hydrogens (primary N) is 2. The third-order valence-corrected chi connectivity index (χ3v) is 6.54. The summed E-state index contributed by atoms with van der Waals surface area (Å²) in [5.74, 6) is -2.09. The van der Waals surface area contributed by atoms with Gasteiger partial charge in [0, 0.05) is 23.1 Å². The van der Waals surface area contributed by atoms with Crippen molar-refractivity contribution < 1.29 is 41.7 Å². The second kappa shape index (κ2) is 12.0. The maximum absolute atomic E-state index is 14.5. The maximum Gasteiger partial charge on any atom is 0.422 e. The van der Waals surface area contributed by atoms with Crippen LogP contribution in [0.3, 0.4) is 0 Å². The molecule has 220 valence electrons. The first-order valence-electron chi connectivity index (χ1n) is 12.1. The number of pyridine rings is 1. The van der Waals surface area contributed by atoms with Crippen molar-refractivity contribution in [3.63, 3.8) is 0 Å². The zero-order chi connectivity index (χ0) is 30.8. The van der Waals surface area contributed by atoms with E-state index in [0.717, 1.165) is 12.1 Å². The summed E-state index contributed by atoms with van der Waals surface area (Å²) in [6, 6.07) is 9.77. The highest BCUT2D eigenvalue weighted by Crippen LogP contribution is 2.44. The normalized spacial score (nSPS) is 13.4. The Morgan fingerprint density at radius 2 is 1.73 bits per heavy atom.